The Morgan fingerprint density at radius 2 is 1.75 bits per heavy atom. The number of anilines is 2. The summed E-state index contributed by atoms with van der Waals surface area (Å²) in [6, 6.07) is 0.381. The summed E-state index contributed by atoms with van der Waals surface area (Å²) in [5.41, 5.74) is 1.21. The molecule has 2 fully saturated rings. The van der Waals surface area contributed by atoms with Gasteiger partial charge in [0.25, 0.3) is 0 Å². The number of rotatable bonds is 1. The fourth-order valence-corrected chi connectivity index (χ4v) is 3.39. The lowest BCUT2D eigenvalue weighted by Crippen LogP contribution is -2.43. The van der Waals surface area contributed by atoms with E-state index in [2.05, 4.69) is 19.8 Å². The normalized spacial score (nSPS) is 25.6. The topological polar surface area (TPSA) is 50.7 Å². The monoisotopic (exact) mass is 296 g/mol. The second-order valence-electron chi connectivity index (χ2n) is 5.34. The molecule has 1 atom stereocenters. The second-order valence-corrected chi connectivity index (χ2v) is 5.68. The van der Waals surface area contributed by atoms with Crippen molar-refractivity contribution in [3.63, 3.8) is 0 Å². The summed E-state index contributed by atoms with van der Waals surface area (Å²) < 4.78 is 11.0. The van der Waals surface area contributed by atoms with E-state index in [-0.39, 0.29) is 0 Å². The molecule has 2 saturated heterocycles. The predicted molar refractivity (Wildman–Crippen MR) is 75.7 cm³/mol. The third-order valence-electron chi connectivity index (χ3n) is 4.19. The molecule has 0 aliphatic carbocycles. The van der Waals surface area contributed by atoms with Gasteiger partial charge in [-0.25, -0.2) is 9.97 Å². The third-order valence-corrected chi connectivity index (χ3v) is 4.36. The predicted octanol–water partition coefficient (Wildman–Crippen LogP) is 0.728. The van der Waals surface area contributed by atoms with Crippen LogP contribution in [-0.4, -0.2) is 62.1 Å². The van der Waals surface area contributed by atoms with Gasteiger partial charge < -0.3 is 19.3 Å². The van der Waals surface area contributed by atoms with Crippen LogP contribution in [0.4, 0.5) is 11.6 Å². The lowest BCUT2D eigenvalue weighted by atomic mass is 10.1. The molecule has 4 heterocycles. The Hall–Kier alpha value is -1.11. The molecule has 7 heteroatoms. The molecule has 1 aromatic heterocycles. The summed E-state index contributed by atoms with van der Waals surface area (Å²) in [5, 5.41) is 0.331. The van der Waals surface area contributed by atoms with Crippen molar-refractivity contribution in [3.8, 4) is 0 Å². The van der Waals surface area contributed by atoms with Gasteiger partial charge in [-0.2, -0.15) is 0 Å². The van der Waals surface area contributed by atoms with Crippen LogP contribution in [0.15, 0.2) is 0 Å². The van der Waals surface area contributed by atoms with Gasteiger partial charge in [0.15, 0.2) is 0 Å². The van der Waals surface area contributed by atoms with Crippen LogP contribution < -0.4 is 9.80 Å². The van der Waals surface area contributed by atoms with Crippen molar-refractivity contribution in [1.29, 1.82) is 0 Å². The fourth-order valence-electron chi connectivity index (χ4n) is 3.23. The molecule has 0 radical (unpaired) electrons. The number of halogens is 1. The first-order chi connectivity index (χ1) is 9.83. The zero-order chi connectivity index (χ0) is 13.5. The molecular weight excluding hydrogens is 280 g/mol. The van der Waals surface area contributed by atoms with Crippen molar-refractivity contribution in [3.05, 3.63) is 10.8 Å². The van der Waals surface area contributed by atoms with E-state index in [1.165, 1.54) is 5.56 Å². The van der Waals surface area contributed by atoms with Crippen molar-refractivity contribution < 1.29 is 9.47 Å². The number of morpholine rings is 2. The van der Waals surface area contributed by atoms with E-state index in [0.29, 0.717) is 11.3 Å². The van der Waals surface area contributed by atoms with Crippen LogP contribution in [0.5, 0.6) is 0 Å². The Morgan fingerprint density at radius 3 is 2.60 bits per heavy atom. The number of hydrogen-bond acceptors (Lipinski definition) is 6. The van der Waals surface area contributed by atoms with Gasteiger partial charge in [-0.1, -0.05) is 0 Å². The number of aromatic nitrogens is 2. The van der Waals surface area contributed by atoms with Crippen LogP contribution in [0.3, 0.4) is 0 Å². The lowest BCUT2D eigenvalue weighted by molar-refractivity contribution is 0.0973. The summed E-state index contributed by atoms with van der Waals surface area (Å²) in [6.07, 6.45) is 0.944. The quantitative estimate of drug-likeness (QED) is 0.712. The molecule has 0 bridgehead atoms. The Labute approximate surface area is 122 Å². The molecular formula is C13H17ClN4O2. The van der Waals surface area contributed by atoms with Gasteiger partial charge in [0, 0.05) is 31.6 Å². The number of fused-ring (bicyclic) bond motifs is 3. The molecule has 0 N–H and O–H groups in total. The van der Waals surface area contributed by atoms with E-state index in [0.717, 1.165) is 64.1 Å². The summed E-state index contributed by atoms with van der Waals surface area (Å²) in [6.45, 7) is 5.61. The van der Waals surface area contributed by atoms with E-state index in [1.54, 1.807) is 0 Å². The van der Waals surface area contributed by atoms with E-state index in [1.807, 2.05) is 0 Å². The molecule has 1 aromatic rings. The van der Waals surface area contributed by atoms with E-state index in [4.69, 9.17) is 21.1 Å². The molecule has 108 valence electrons. The standard InChI is InChI=1S/C13H17ClN4O2/c14-13-15-11(17-1-4-19-5-2-17)10-7-9-8-20-6-3-18(9)12(10)16-13/h9H,1-8H2/t9-/m1/s1. The summed E-state index contributed by atoms with van der Waals surface area (Å²) >= 11 is 6.14. The van der Waals surface area contributed by atoms with Gasteiger partial charge in [0.1, 0.15) is 11.6 Å². The first-order valence-corrected chi connectivity index (χ1v) is 7.44. The van der Waals surface area contributed by atoms with Crippen LogP contribution in [0.2, 0.25) is 5.28 Å². The average molecular weight is 297 g/mol. The first kappa shape index (κ1) is 12.6. The van der Waals surface area contributed by atoms with E-state index < -0.39 is 0 Å². The van der Waals surface area contributed by atoms with Gasteiger partial charge >= 0.3 is 0 Å². The first-order valence-electron chi connectivity index (χ1n) is 7.06. The van der Waals surface area contributed by atoms with Crippen LogP contribution in [0.1, 0.15) is 5.56 Å². The number of nitrogens with zero attached hydrogens (tertiary/aromatic N) is 4. The van der Waals surface area contributed by atoms with Crippen molar-refractivity contribution in [1.82, 2.24) is 9.97 Å². The average Bonchev–Trinajstić information content (AvgIpc) is 2.86. The van der Waals surface area contributed by atoms with E-state index >= 15 is 0 Å². The largest absolute Gasteiger partial charge is 0.378 e. The van der Waals surface area contributed by atoms with Crippen molar-refractivity contribution >= 4 is 23.2 Å². The minimum absolute atomic E-state index is 0.331. The Morgan fingerprint density at radius 1 is 1.00 bits per heavy atom. The lowest BCUT2D eigenvalue weighted by Gasteiger charge is -2.31. The van der Waals surface area contributed by atoms with Gasteiger partial charge in [-0.15, -0.1) is 0 Å². The van der Waals surface area contributed by atoms with Gasteiger partial charge in [-0.05, 0) is 11.6 Å². The number of ether oxygens (including phenoxy) is 2. The third kappa shape index (κ3) is 2.03. The highest BCUT2D eigenvalue weighted by atomic mass is 35.5. The molecule has 0 amide bonds. The summed E-state index contributed by atoms with van der Waals surface area (Å²) in [7, 11) is 0. The molecule has 0 spiro atoms. The second kappa shape index (κ2) is 5.02. The molecule has 3 aliphatic rings. The Balaban J connectivity index is 1.74. The highest BCUT2D eigenvalue weighted by molar-refractivity contribution is 6.28. The fraction of sp³-hybridized carbons (Fsp3) is 0.692. The van der Waals surface area contributed by atoms with Gasteiger partial charge in [0.05, 0.1) is 32.5 Å². The Bertz CT molecular complexity index is 521. The molecule has 20 heavy (non-hydrogen) atoms. The number of hydrogen-bond donors (Lipinski definition) is 0. The molecule has 3 aliphatic heterocycles. The van der Waals surface area contributed by atoms with Crippen LogP contribution in [-0.2, 0) is 15.9 Å². The zero-order valence-electron chi connectivity index (χ0n) is 11.2. The molecule has 0 aromatic carbocycles. The Kier molecular flexibility index (Phi) is 3.17. The highest BCUT2D eigenvalue weighted by Crippen LogP contribution is 2.38. The minimum Gasteiger partial charge on any atom is -0.378 e. The summed E-state index contributed by atoms with van der Waals surface area (Å²) in [4.78, 5) is 13.5. The maximum atomic E-state index is 6.14. The van der Waals surface area contributed by atoms with E-state index in [9.17, 15) is 0 Å². The molecule has 0 unspecified atom stereocenters. The smallest absolute Gasteiger partial charge is 0.226 e. The van der Waals surface area contributed by atoms with Crippen LogP contribution in [0.25, 0.3) is 0 Å². The minimum atomic E-state index is 0.331. The maximum Gasteiger partial charge on any atom is 0.226 e. The van der Waals surface area contributed by atoms with Crippen molar-refractivity contribution in [2.45, 2.75) is 12.5 Å². The molecule has 4 rings (SSSR count). The maximum absolute atomic E-state index is 6.14. The zero-order valence-corrected chi connectivity index (χ0v) is 12.0. The molecule has 0 saturated carbocycles. The summed E-state index contributed by atoms with van der Waals surface area (Å²) in [5.74, 6) is 1.98. The van der Waals surface area contributed by atoms with Gasteiger partial charge in [-0.3, -0.25) is 0 Å². The molecule has 6 nitrogen and oxygen atoms in total. The van der Waals surface area contributed by atoms with Crippen molar-refractivity contribution in [2.75, 3.05) is 55.9 Å². The van der Waals surface area contributed by atoms with Crippen molar-refractivity contribution in [2.24, 2.45) is 0 Å². The van der Waals surface area contributed by atoms with Crippen LogP contribution >= 0.6 is 11.6 Å². The van der Waals surface area contributed by atoms with Crippen LogP contribution in [0, 0.1) is 0 Å². The SMILES string of the molecule is Clc1nc(N2CCOCC2)c2c(n1)N1CCOC[C@H]1C2. The highest BCUT2D eigenvalue weighted by Gasteiger charge is 2.36. The van der Waals surface area contributed by atoms with Gasteiger partial charge in [0.2, 0.25) is 5.28 Å².